The lowest BCUT2D eigenvalue weighted by atomic mass is 10.2. The quantitative estimate of drug-likeness (QED) is 0.525. The van der Waals surface area contributed by atoms with Crippen LogP contribution >= 0.6 is 0 Å². The normalized spacial score (nSPS) is 11.0. The summed E-state index contributed by atoms with van der Waals surface area (Å²) in [6.45, 7) is 0.318. The van der Waals surface area contributed by atoms with Gasteiger partial charge in [0.2, 0.25) is 5.96 Å². The molecule has 0 saturated carbocycles. The van der Waals surface area contributed by atoms with Crippen molar-refractivity contribution in [3.63, 3.8) is 0 Å². The molecule has 0 saturated heterocycles. The highest BCUT2D eigenvalue weighted by atomic mass is 19.1. The summed E-state index contributed by atoms with van der Waals surface area (Å²) < 4.78 is 18.6. The van der Waals surface area contributed by atoms with Gasteiger partial charge in [-0.15, -0.1) is 0 Å². The van der Waals surface area contributed by atoms with Gasteiger partial charge < -0.3 is 10.1 Å². The molecular formula is C21H19FN4O2. The van der Waals surface area contributed by atoms with Crippen LogP contribution in [0.1, 0.15) is 15.9 Å². The third-order valence-corrected chi connectivity index (χ3v) is 3.82. The number of carbonyl (C=O) groups is 1. The highest BCUT2D eigenvalue weighted by Crippen LogP contribution is 2.13. The second kappa shape index (κ2) is 9.27. The number of benzene rings is 2. The molecule has 142 valence electrons. The van der Waals surface area contributed by atoms with Gasteiger partial charge >= 0.3 is 0 Å². The number of aromatic nitrogens is 1. The zero-order valence-electron chi connectivity index (χ0n) is 15.2. The van der Waals surface area contributed by atoms with Crippen LogP contribution in [0.15, 0.2) is 78.0 Å². The van der Waals surface area contributed by atoms with Crippen LogP contribution < -0.4 is 15.4 Å². The van der Waals surface area contributed by atoms with E-state index in [4.69, 9.17) is 4.74 Å². The van der Waals surface area contributed by atoms with Crippen molar-refractivity contribution in [2.75, 3.05) is 12.4 Å². The maximum absolute atomic E-state index is 13.5. The number of hydrogen-bond donors (Lipinski definition) is 2. The first-order valence-electron chi connectivity index (χ1n) is 8.55. The largest absolute Gasteiger partial charge is 0.497 e. The molecule has 0 bridgehead atoms. The van der Waals surface area contributed by atoms with Crippen molar-refractivity contribution in [1.29, 1.82) is 0 Å². The van der Waals surface area contributed by atoms with Gasteiger partial charge in [0.05, 0.1) is 13.7 Å². The van der Waals surface area contributed by atoms with Gasteiger partial charge in [-0.2, -0.15) is 0 Å². The first-order valence-corrected chi connectivity index (χ1v) is 8.55. The molecule has 0 fully saturated rings. The van der Waals surface area contributed by atoms with Gasteiger partial charge in [0, 0.05) is 23.6 Å². The molecule has 3 rings (SSSR count). The van der Waals surface area contributed by atoms with Crippen molar-refractivity contribution in [3.8, 4) is 5.75 Å². The van der Waals surface area contributed by atoms with Gasteiger partial charge in [-0.3, -0.25) is 15.1 Å². The van der Waals surface area contributed by atoms with Gasteiger partial charge in [-0.05, 0) is 54.1 Å². The Labute approximate surface area is 162 Å². The van der Waals surface area contributed by atoms with Crippen molar-refractivity contribution in [1.82, 2.24) is 10.3 Å². The smallest absolute Gasteiger partial charge is 0.258 e. The summed E-state index contributed by atoms with van der Waals surface area (Å²) in [5, 5.41) is 5.68. The average molecular weight is 378 g/mol. The lowest BCUT2D eigenvalue weighted by Crippen LogP contribution is -2.36. The molecule has 0 radical (unpaired) electrons. The van der Waals surface area contributed by atoms with Crippen molar-refractivity contribution < 1.29 is 13.9 Å². The summed E-state index contributed by atoms with van der Waals surface area (Å²) >= 11 is 0. The van der Waals surface area contributed by atoms with Gasteiger partial charge in [-0.1, -0.05) is 12.1 Å². The first-order chi connectivity index (χ1) is 13.6. The standard InChI is InChI=1S/C21H19FN4O2/c1-28-19-7-2-4-16(12-19)20(27)26-21(24-14-15-8-10-23-11-9-15)25-18-6-3-5-17(22)13-18/h2-13H,14H2,1H3,(H2,24,25,26,27). The summed E-state index contributed by atoms with van der Waals surface area (Å²) in [6.07, 6.45) is 3.33. The second-order valence-electron chi connectivity index (χ2n) is 5.84. The fraction of sp³-hybridized carbons (Fsp3) is 0.0952. The summed E-state index contributed by atoms with van der Waals surface area (Å²) in [5.74, 6) is 0.0186. The predicted molar refractivity (Wildman–Crippen MR) is 106 cm³/mol. The van der Waals surface area contributed by atoms with Gasteiger partial charge in [0.1, 0.15) is 11.6 Å². The first kappa shape index (κ1) is 19.0. The van der Waals surface area contributed by atoms with E-state index in [1.54, 1.807) is 48.8 Å². The number of methoxy groups -OCH3 is 1. The number of nitrogens with zero attached hydrogens (tertiary/aromatic N) is 2. The Morgan fingerprint density at radius 1 is 1.11 bits per heavy atom. The van der Waals surface area contributed by atoms with Crippen molar-refractivity contribution >= 4 is 17.6 Å². The summed E-state index contributed by atoms with van der Waals surface area (Å²) in [4.78, 5) is 21.0. The van der Waals surface area contributed by atoms with Gasteiger partial charge in [-0.25, -0.2) is 9.38 Å². The SMILES string of the molecule is COc1cccc(C(=O)NC(=NCc2ccncc2)Nc2cccc(F)c2)c1. The highest BCUT2D eigenvalue weighted by Gasteiger charge is 2.11. The number of aliphatic imine (C=N–C) groups is 1. The molecule has 3 aromatic rings. The summed E-state index contributed by atoms with van der Waals surface area (Å²) in [7, 11) is 1.53. The van der Waals surface area contributed by atoms with E-state index in [1.165, 1.54) is 19.2 Å². The minimum Gasteiger partial charge on any atom is -0.497 e. The van der Waals surface area contributed by atoms with E-state index in [9.17, 15) is 9.18 Å². The minimum atomic E-state index is -0.391. The Morgan fingerprint density at radius 3 is 2.64 bits per heavy atom. The maximum Gasteiger partial charge on any atom is 0.258 e. The number of carbonyl (C=O) groups excluding carboxylic acids is 1. The number of hydrogen-bond acceptors (Lipinski definition) is 4. The van der Waals surface area contributed by atoms with Crippen LogP contribution in [0, 0.1) is 5.82 Å². The molecule has 0 spiro atoms. The molecule has 0 unspecified atom stereocenters. The molecule has 1 amide bonds. The zero-order valence-corrected chi connectivity index (χ0v) is 15.2. The lowest BCUT2D eigenvalue weighted by Gasteiger charge is -2.12. The Morgan fingerprint density at radius 2 is 1.89 bits per heavy atom. The van der Waals surface area contributed by atoms with Crippen LogP contribution in [0.25, 0.3) is 0 Å². The number of amides is 1. The van der Waals surface area contributed by atoms with Crippen LogP contribution in [0.5, 0.6) is 5.75 Å². The van der Waals surface area contributed by atoms with Crippen molar-refractivity contribution in [3.05, 3.63) is 90.0 Å². The number of rotatable bonds is 5. The molecule has 2 N–H and O–H groups in total. The van der Waals surface area contributed by atoms with Crippen LogP contribution in [0.3, 0.4) is 0 Å². The summed E-state index contributed by atoms with van der Waals surface area (Å²) in [5.41, 5.74) is 1.81. The monoisotopic (exact) mass is 378 g/mol. The van der Waals surface area contributed by atoms with E-state index < -0.39 is 5.82 Å². The van der Waals surface area contributed by atoms with E-state index in [1.807, 2.05) is 12.1 Å². The fourth-order valence-corrected chi connectivity index (χ4v) is 2.42. The number of nitrogens with one attached hydrogen (secondary N) is 2. The number of pyridine rings is 1. The number of ether oxygens (including phenoxy) is 1. The van der Waals surface area contributed by atoms with Gasteiger partial charge in [0.25, 0.3) is 5.91 Å². The highest BCUT2D eigenvalue weighted by molar-refractivity contribution is 6.10. The minimum absolute atomic E-state index is 0.204. The molecule has 7 heteroatoms. The van der Waals surface area contributed by atoms with E-state index in [-0.39, 0.29) is 11.9 Å². The third-order valence-electron chi connectivity index (χ3n) is 3.82. The Kier molecular flexibility index (Phi) is 6.30. The van der Waals surface area contributed by atoms with Crippen LogP contribution in [0.2, 0.25) is 0 Å². The van der Waals surface area contributed by atoms with Crippen molar-refractivity contribution in [2.45, 2.75) is 6.54 Å². The molecular weight excluding hydrogens is 359 g/mol. The van der Waals surface area contributed by atoms with E-state index >= 15 is 0 Å². The second-order valence-corrected chi connectivity index (χ2v) is 5.84. The maximum atomic E-state index is 13.5. The molecule has 0 atom stereocenters. The Hall–Kier alpha value is -3.74. The molecule has 28 heavy (non-hydrogen) atoms. The van der Waals surface area contributed by atoms with E-state index in [2.05, 4.69) is 20.6 Å². The zero-order chi connectivity index (χ0) is 19.8. The third kappa shape index (κ3) is 5.38. The predicted octanol–water partition coefficient (Wildman–Crippen LogP) is 3.63. The molecule has 6 nitrogen and oxygen atoms in total. The molecule has 0 aliphatic carbocycles. The molecule has 0 aliphatic heterocycles. The fourth-order valence-electron chi connectivity index (χ4n) is 2.42. The lowest BCUT2D eigenvalue weighted by molar-refractivity contribution is 0.0976. The average Bonchev–Trinajstić information content (AvgIpc) is 2.73. The van der Waals surface area contributed by atoms with E-state index in [0.29, 0.717) is 23.5 Å². The van der Waals surface area contributed by atoms with E-state index in [0.717, 1.165) is 5.56 Å². The summed E-state index contributed by atoms with van der Waals surface area (Å²) in [6, 6.07) is 16.3. The van der Waals surface area contributed by atoms with Crippen molar-refractivity contribution in [2.24, 2.45) is 4.99 Å². The topological polar surface area (TPSA) is 75.6 Å². The molecule has 1 heterocycles. The van der Waals surface area contributed by atoms with Crippen LogP contribution in [0.4, 0.5) is 10.1 Å². The number of anilines is 1. The number of guanidine groups is 1. The van der Waals surface area contributed by atoms with Gasteiger partial charge in [0.15, 0.2) is 0 Å². The van der Waals surface area contributed by atoms with Crippen LogP contribution in [-0.2, 0) is 6.54 Å². The Balaban J connectivity index is 1.81. The molecule has 2 aromatic carbocycles. The number of halogens is 1. The molecule has 0 aliphatic rings. The Bertz CT molecular complexity index is 977. The molecule has 1 aromatic heterocycles. The van der Waals surface area contributed by atoms with Crippen LogP contribution in [-0.4, -0.2) is 24.0 Å².